The lowest BCUT2D eigenvalue weighted by Gasteiger charge is -2.07. The normalized spacial score (nSPS) is 12.9. The van der Waals surface area contributed by atoms with Crippen molar-refractivity contribution < 1.29 is 25.9 Å². The number of fused-ring (bicyclic) bond motifs is 3. The molecule has 0 radical (unpaired) electrons. The molecule has 0 aliphatic heterocycles. The van der Waals surface area contributed by atoms with E-state index in [0.717, 1.165) is 15.0 Å². The van der Waals surface area contributed by atoms with Gasteiger partial charge in [-0.3, -0.25) is 13.9 Å². The van der Waals surface area contributed by atoms with Crippen LogP contribution in [0.3, 0.4) is 0 Å². The van der Waals surface area contributed by atoms with Crippen molar-refractivity contribution in [2.24, 2.45) is 0 Å². The van der Waals surface area contributed by atoms with Gasteiger partial charge in [-0.05, 0) is 36.8 Å². The second-order valence-electron chi connectivity index (χ2n) is 5.88. The third kappa shape index (κ3) is 2.88. The lowest BCUT2D eigenvalue weighted by atomic mass is 10.2. The summed E-state index contributed by atoms with van der Waals surface area (Å²) in [6.07, 6.45) is 0. The molecule has 0 bridgehead atoms. The molecule has 146 valence electrons. The quantitative estimate of drug-likeness (QED) is 0.348. The minimum absolute atomic E-state index is 0.217. The molecule has 0 fully saturated rings. The highest BCUT2D eigenvalue weighted by molar-refractivity contribution is 7.87. The summed E-state index contributed by atoms with van der Waals surface area (Å²) in [4.78, 5) is 24.6. The molecule has 0 spiro atoms. The van der Waals surface area contributed by atoms with E-state index in [1.165, 1.54) is 34.8 Å². The van der Waals surface area contributed by atoms with E-state index in [1.807, 2.05) is 25.1 Å². The fraction of sp³-hybridized carbons (Fsp3) is 0.125. The van der Waals surface area contributed by atoms with Crippen LogP contribution in [0.15, 0.2) is 39.9 Å². The fourth-order valence-corrected chi connectivity index (χ4v) is 5.38. The van der Waals surface area contributed by atoms with Gasteiger partial charge in [-0.25, -0.2) is 0 Å². The van der Waals surface area contributed by atoms with Gasteiger partial charge in [0.2, 0.25) is 0 Å². The van der Waals surface area contributed by atoms with E-state index < -0.39 is 26.7 Å². The Bertz CT molecular complexity index is 1500. The topological polar surface area (TPSA) is 82.4 Å². The molecule has 0 atom stereocenters. The molecule has 12 heteroatoms. The predicted octanol–water partition coefficient (Wildman–Crippen LogP) is 3.38. The van der Waals surface area contributed by atoms with Gasteiger partial charge in [-0.1, -0.05) is 10.8 Å². The first-order valence-electron chi connectivity index (χ1n) is 7.52. The van der Waals surface area contributed by atoms with Gasteiger partial charge in [0, 0.05) is 18.8 Å². The maximum atomic E-state index is 12.5. The third-order valence-electron chi connectivity index (χ3n) is 3.91. The molecule has 0 unspecified atom stereocenters. The number of rotatable bonds is 2. The smallest absolute Gasteiger partial charge is 0.274 e. The minimum Gasteiger partial charge on any atom is -0.274 e. The molecular weight excluding hydrogens is 439 g/mol. The molecule has 0 aliphatic carbocycles. The van der Waals surface area contributed by atoms with Gasteiger partial charge in [0.25, 0.3) is 11.1 Å². The Hall–Kier alpha value is -2.44. The van der Waals surface area contributed by atoms with Gasteiger partial charge in [-0.15, -0.1) is 22.7 Å². The van der Waals surface area contributed by atoms with Crippen molar-refractivity contribution in [3.8, 4) is 0 Å². The molecule has 4 aromatic rings. The first kappa shape index (κ1) is 18.9. The number of nitrogens with zero attached hydrogens (tertiary/aromatic N) is 1. The van der Waals surface area contributed by atoms with E-state index in [0.29, 0.717) is 9.40 Å². The lowest BCUT2D eigenvalue weighted by Crippen LogP contribution is -2.41. The number of hydrogen-bond donors (Lipinski definition) is 0. The first-order valence-corrected chi connectivity index (χ1v) is 10.6. The third-order valence-corrected chi connectivity index (χ3v) is 7.33. The van der Waals surface area contributed by atoms with Crippen molar-refractivity contribution >= 4 is 62.4 Å². The number of hydrogen-bond acceptors (Lipinski definition) is 7. The molecule has 0 N–H and O–H groups in total. The van der Waals surface area contributed by atoms with Crippen molar-refractivity contribution in [2.45, 2.75) is 12.4 Å². The summed E-state index contributed by atoms with van der Waals surface area (Å²) in [5.74, 6) is 0. The second-order valence-corrected chi connectivity index (χ2v) is 9.57. The fourth-order valence-electron chi connectivity index (χ4n) is 2.61. The van der Waals surface area contributed by atoms with Crippen LogP contribution >= 0.6 is 22.7 Å². The van der Waals surface area contributed by atoms with Crippen LogP contribution in [0.5, 0.6) is 0 Å². The highest BCUT2D eigenvalue weighted by Gasteiger charge is 2.49. The molecule has 6 nitrogen and oxygen atoms in total. The Morgan fingerprint density at radius 1 is 0.893 bits per heavy atom. The number of aromatic nitrogens is 1. The van der Waals surface area contributed by atoms with Crippen molar-refractivity contribution in [1.29, 1.82) is 0 Å². The molecule has 28 heavy (non-hydrogen) atoms. The lowest BCUT2D eigenvalue weighted by molar-refractivity contribution is -0.0550. The van der Waals surface area contributed by atoms with Gasteiger partial charge in [0.15, 0.2) is 0 Å². The molecule has 4 rings (SSSR count). The van der Waals surface area contributed by atoms with Crippen molar-refractivity contribution in [2.75, 3.05) is 0 Å². The van der Waals surface area contributed by atoms with Gasteiger partial charge >= 0.3 is 15.6 Å². The summed E-state index contributed by atoms with van der Waals surface area (Å²) >= 11 is 2.68. The highest BCUT2D eigenvalue weighted by Crippen LogP contribution is 2.35. The van der Waals surface area contributed by atoms with Crippen LogP contribution in [0.2, 0.25) is 0 Å². The molecule has 0 aliphatic rings. The van der Waals surface area contributed by atoms with Crippen molar-refractivity contribution in [3.05, 3.63) is 56.6 Å². The maximum absolute atomic E-state index is 12.5. The zero-order chi connectivity index (χ0) is 20.4. The summed E-state index contributed by atoms with van der Waals surface area (Å²) in [6, 6.07) is 8.47. The zero-order valence-electron chi connectivity index (χ0n) is 13.7. The van der Waals surface area contributed by atoms with Crippen LogP contribution in [-0.4, -0.2) is 18.7 Å². The van der Waals surface area contributed by atoms with Gasteiger partial charge < -0.3 is 0 Å². The van der Waals surface area contributed by atoms with E-state index >= 15 is 0 Å². The predicted molar refractivity (Wildman–Crippen MR) is 102 cm³/mol. The average molecular weight is 447 g/mol. The summed E-state index contributed by atoms with van der Waals surface area (Å²) in [6.45, 7) is 1.92. The number of aryl methyl sites for hydroxylation is 1. The standard InChI is InChI=1S/C16H8F3NO5S3/c1-7-2-3-10-11(4-7)27-13-6-9-8(5-12(13)26-10)14(21)20(15(9)22)25-28(23,24)16(17,18)19/h2-6H,1H3. The van der Waals surface area contributed by atoms with E-state index in [1.54, 1.807) is 0 Å². The summed E-state index contributed by atoms with van der Waals surface area (Å²) in [5, 5.41) is -0.435. The summed E-state index contributed by atoms with van der Waals surface area (Å²) in [7, 11) is -6.16. The van der Waals surface area contributed by atoms with Crippen LogP contribution in [-0.2, 0) is 10.1 Å². The second kappa shape index (κ2) is 6.03. The molecule has 0 saturated heterocycles. The summed E-state index contributed by atoms with van der Waals surface area (Å²) in [5.41, 5.74) is -7.28. The van der Waals surface area contributed by atoms with E-state index in [9.17, 15) is 31.2 Å². The molecule has 0 amide bonds. The average Bonchev–Trinajstić information content (AvgIpc) is 2.81. The Labute approximate surface area is 162 Å². The Kier molecular flexibility index (Phi) is 4.07. The number of alkyl halides is 3. The number of benzene rings is 2. The van der Waals surface area contributed by atoms with E-state index in [4.69, 9.17) is 0 Å². The van der Waals surface area contributed by atoms with Crippen molar-refractivity contribution in [3.63, 3.8) is 0 Å². The van der Waals surface area contributed by atoms with Crippen molar-refractivity contribution in [1.82, 2.24) is 4.73 Å². The largest absolute Gasteiger partial charge is 0.536 e. The van der Waals surface area contributed by atoms with Gasteiger partial charge in [0.1, 0.15) is 0 Å². The molecular formula is C16H8F3NO5S3. The molecule has 2 aromatic heterocycles. The van der Waals surface area contributed by atoms with Crippen LogP contribution < -0.4 is 15.4 Å². The maximum Gasteiger partial charge on any atom is 0.536 e. The van der Waals surface area contributed by atoms with Crippen LogP contribution in [0.25, 0.3) is 29.6 Å². The first-order chi connectivity index (χ1) is 13.0. The Morgan fingerprint density at radius 3 is 1.93 bits per heavy atom. The van der Waals surface area contributed by atoms with Crippen LogP contribution in [0.4, 0.5) is 13.2 Å². The molecule has 0 saturated carbocycles. The highest BCUT2D eigenvalue weighted by atomic mass is 32.2. The monoisotopic (exact) mass is 447 g/mol. The number of halogens is 3. The van der Waals surface area contributed by atoms with E-state index in [2.05, 4.69) is 4.28 Å². The summed E-state index contributed by atoms with van der Waals surface area (Å²) < 4.78 is 66.5. The van der Waals surface area contributed by atoms with Gasteiger partial charge in [0.05, 0.1) is 10.8 Å². The Morgan fingerprint density at radius 2 is 1.39 bits per heavy atom. The SMILES string of the molecule is Cc1ccc2sc3cc4c(=O)n(OS(=O)(=O)C(F)(F)F)c(=O)c4cc3sc2c1. The van der Waals surface area contributed by atoms with Crippen LogP contribution in [0, 0.1) is 6.92 Å². The molecule has 2 heterocycles. The molecule has 2 aromatic carbocycles. The minimum atomic E-state index is -6.16. The zero-order valence-corrected chi connectivity index (χ0v) is 16.2. The van der Waals surface area contributed by atoms with Crippen LogP contribution in [0.1, 0.15) is 5.56 Å². The van der Waals surface area contributed by atoms with Gasteiger partial charge in [-0.2, -0.15) is 21.6 Å². The Balaban J connectivity index is 2.00. The van der Waals surface area contributed by atoms with E-state index in [-0.39, 0.29) is 15.5 Å².